The number of amides is 1. The van der Waals surface area contributed by atoms with Crippen LogP contribution in [0.2, 0.25) is 0 Å². The summed E-state index contributed by atoms with van der Waals surface area (Å²) in [7, 11) is 0. The number of nitrogens with zero attached hydrogens (tertiary/aromatic N) is 2. The molecule has 6 nitrogen and oxygen atoms in total. The molecule has 1 aliphatic rings. The molecule has 1 aromatic rings. The van der Waals surface area contributed by atoms with E-state index in [0.717, 1.165) is 17.8 Å². The van der Waals surface area contributed by atoms with E-state index in [2.05, 4.69) is 0 Å². The minimum Gasteiger partial charge on any atom is -0.338 e. The van der Waals surface area contributed by atoms with Gasteiger partial charge in [0.1, 0.15) is 0 Å². The third-order valence-electron chi connectivity index (χ3n) is 2.89. The highest BCUT2D eigenvalue weighted by atomic mass is 32.1. The molecule has 2 N–H and O–H groups in total. The van der Waals surface area contributed by atoms with Gasteiger partial charge in [-0.2, -0.15) is 0 Å². The molecule has 1 aromatic heterocycles. The van der Waals surface area contributed by atoms with Gasteiger partial charge in [-0.15, -0.1) is 0 Å². The largest absolute Gasteiger partial charge is 0.338 e. The minimum atomic E-state index is -0.478. The van der Waals surface area contributed by atoms with Crippen molar-refractivity contribution in [2.24, 2.45) is 11.7 Å². The fourth-order valence-corrected chi connectivity index (χ4v) is 2.69. The lowest BCUT2D eigenvalue weighted by Gasteiger charge is -2.14. The van der Waals surface area contributed by atoms with E-state index in [4.69, 9.17) is 5.73 Å². The first-order chi connectivity index (χ1) is 8.11. The molecule has 17 heavy (non-hydrogen) atoms. The summed E-state index contributed by atoms with van der Waals surface area (Å²) in [5.41, 5.74) is 5.55. The monoisotopic (exact) mass is 255 g/mol. The van der Waals surface area contributed by atoms with Gasteiger partial charge in [0.25, 0.3) is 5.91 Å². The van der Waals surface area contributed by atoms with Crippen LogP contribution in [0, 0.1) is 16.0 Å². The van der Waals surface area contributed by atoms with Gasteiger partial charge in [-0.25, -0.2) is 0 Å². The van der Waals surface area contributed by atoms with Crippen molar-refractivity contribution in [3.8, 4) is 0 Å². The highest BCUT2D eigenvalue weighted by molar-refractivity contribution is 7.17. The molecule has 1 saturated heterocycles. The lowest BCUT2D eigenvalue weighted by molar-refractivity contribution is -0.380. The molecule has 1 fully saturated rings. The minimum absolute atomic E-state index is 0.00271. The molecule has 1 amide bonds. The van der Waals surface area contributed by atoms with Crippen molar-refractivity contribution in [1.29, 1.82) is 0 Å². The Bertz CT molecular complexity index is 446. The second-order valence-corrected chi connectivity index (χ2v) is 5.10. The average Bonchev–Trinajstić information content (AvgIpc) is 2.97. The summed E-state index contributed by atoms with van der Waals surface area (Å²) in [4.78, 5) is 24.2. The molecule has 1 aliphatic heterocycles. The SMILES string of the molecule is NCC1CCN(C(=O)c2ccc([N+](=O)[O-])s2)C1. The van der Waals surface area contributed by atoms with E-state index in [1.165, 1.54) is 12.1 Å². The lowest BCUT2D eigenvalue weighted by atomic mass is 10.1. The molecular weight excluding hydrogens is 242 g/mol. The predicted molar refractivity (Wildman–Crippen MR) is 64.0 cm³/mol. The molecule has 1 unspecified atom stereocenters. The Morgan fingerprint density at radius 3 is 2.94 bits per heavy atom. The Kier molecular flexibility index (Phi) is 3.39. The second-order valence-electron chi connectivity index (χ2n) is 4.04. The van der Waals surface area contributed by atoms with E-state index in [9.17, 15) is 14.9 Å². The van der Waals surface area contributed by atoms with Crippen molar-refractivity contribution in [3.05, 3.63) is 27.1 Å². The third-order valence-corrected chi connectivity index (χ3v) is 3.91. The van der Waals surface area contributed by atoms with Crippen LogP contribution in [0.3, 0.4) is 0 Å². The van der Waals surface area contributed by atoms with E-state index >= 15 is 0 Å². The van der Waals surface area contributed by atoms with Crippen molar-refractivity contribution < 1.29 is 9.72 Å². The number of rotatable bonds is 3. The molecule has 7 heteroatoms. The van der Waals surface area contributed by atoms with Gasteiger partial charge in [0.05, 0.1) is 9.80 Å². The van der Waals surface area contributed by atoms with Crippen LogP contribution in [-0.4, -0.2) is 35.4 Å². The summed E-state index contributed by atoms with van der Waals surface area (Å²) in [6.45, 7) is 1.92. The Labute approximate surface area is 102 Å². The van der Waals surface area contributed by atoms with Crippen LogP contribution in [-0.2, 0) is 0 Å². The van der Waals surface area contributed by atoms with Crippen LogP contribution < -0.4 is 5.73 Å². The number of carbonyl (C=O) groups excluding carboxylic acids is 1. The van der Waals surface area contributed by atoms with E-state index in [0.29, 0.717) is 30.4 Å². The fourth-order valence-electron chi connectivity index (χ4n) is 1.91. The van der Waals surface area contributed by atoms with Crippen molar-refractivity contribution in [1.82, 2.24) is 4.90 Å². The van der Waals surface area contributed by atoms with Crippen molar-refractivity contribution in [2.75, 3.05) is 19.6 Å². The maximum Gasteiger partial charge on any atom is 0.324 e. The number of hydrogen-bond donors (Lipinski definition) is 1. The smallest absolute Gasteiger partial charge is 0.324 e. The average molecular weight is 255 g/mol. The number of nitro groups is 1. The van der Waals surface area contributed by atoms with Gasteiger partial charge in [-0.05, 0) is 24.9 Å². The summed E-state index contributed by atoms with van der Waals surface area (Å²) in [6.07, 6.45) is 0.912. The highest BCUT2D eigenvalue weighted by Gasteiger charge is 2.27. The van der Waals surface area contributed by atoms with Gasteiger partial charge in [0, 0.05) is 19.2 Å². The molecule has 0 spiro atoms. The quantitative estimate of drug-likeness (QED) is 0.646. The summed E-state index contributed by atoms with van der Waals surface area (Å²) in [6, 6.07) is 2.88. The first kappa shape index (κ1) is 12.0. The van der Waals surface area contributed by atoms with Crippen LogP contribution in [0.4, 0.5) is 5.00 Å². The van der Waals surface area contributed by atoms with Gasteiger partial charge in [-0.3, -0.25) is 14.9 Å². The normalized spacial score (nSPS) is 19.6. The molecule has 1 atom stereocenters. The van der Waals surface area contributed by atoms with Gasteiger partial charge in [-0.1, -0.05) is 11.3 Å². The number of nitrogens with two attached hydrogens (primary N) is 1. The zero-order valence-electron chi connectivity index (χ0n) is 9.17. The van der Waals surface area contributed by atoms with Gasteiger partial charge < -0.3 is 10.6 Å². The Hall–Kier alpha value is -1.47. The number of likely N-dealkylation sites (tertiary alicyclic amines) is 1. The first-order valence-corrected chi connectivity index (χ1v) is 6.17. The van der Waals surface area contributed by atoms with E-state index < -0.39 is 4.92 Å². The zero-order valence-corrected chi connectivity index (χ0v) is 9.98. The predicted octanol–water partition coefficient (Wildman–Crippen LogP) is 1.08. The first-order valence-electron chi connectivity index (χ1n) is 5.35. The maximum absolute atomic E-state index is 12.0. The van der Waals surface area contributed by atoms with Crippen LogP contribution in [0.15, 0.2) is 12.1 Å². The zero-order chi connectivity index (χ0) is 12.4. The molecular formula is C10H13N3O3S. The molecule has 2 heterocycles. The van der Waals surface area contributed by atoms with E-state index in [1.54, 1.807) is 4.90 Å². The maximum atomic E-state index is 12.0. The number of thiophene rings is 1. The molecule has 0 radical (unpaired) electrons. The summed E-state index contributed by atoms with van der Waals surface area (Å²) < 4.78 is 0. The summed E-state index contributed by atoms with van der Waals surface area (Å²) in [5.74, 6) is 0.230. The topological polar surface area (TPSA) is 89.5 Å². The van der Waals surface area contributed by atoms with E-state index in [-0.39, 0.29) is 10.9 Å². The summed E-state index contributed by atoms with van der Waals surface area (Å²) >= 11 is 0.923. The van der Waals surface area contributed by atoms with Crippen LogP contribution in [0.1, 0.15) is 16.1 Å². The Morgan fingerprint density at radius 2 is 2.41 bits per heavy atom. The molecule has 2 rings (SSSR count). The molecule has 92 valence electrons. The van der Waals surface area contributed by atoms with Gasteiger partial charge in [0.2, 0.25) is 0 Å². The van der Waals surface area contributed by atoms with Crippen molar-refractivity contribution in [3.63, 3.8) is 0 Å². The molecule has 0 aliphatic carbocycles. The van der Waals surface area contributed by atoms with Gasteiger partial charge in [0.15, 0.2) is 0 Å². The fraction of sp³-hybridized carbons (Fsp3) is 0.500. The lowest BCUT2D eigenvalue weighted by Crippen LogP contribution is -2.29. The third kappa shape index (κ3) is 2.45. The number of hydrogen-bond acceptors (Lipinski definition) is 5. The molecule has 0 aromatic carbocycles. The van der Waals surface area contributed by atoms with Crippen LogP contribution in [0.25, 0.3) is 0 Å². The van der Waals surface area contributed by atoms with Crippen LogP contribution in [0.5, 0.6) is 0 Å². The standard InChI is InChI=1S/C10H13N3O3S/c11-5-7-3-4-12(6-7)10(14)8-1-2-9(17-8)13(15)16/h1-2,7H,3-6,11H2. The summed E-state index contributed by atoms with van der Waals surface area (Å²) in [5, 5.41) is 10.5. The van der Waals surface area contributed by atoms with Crippen molar-refractivity contribution >= 4 is 22.2 Å². The molecule has 0 saturated carbocycles. The Balaban J connectivity index is 2.07. The van der Waals surface area contributed by atoms with Crippen molar-refractivity contribution in [2.45, 2.75) is 6.42 Å². The van der Waals surface area contributed by atoms with Gasteiger partial charge >= 0.3 is 5.00 Å². The highest BCUT2D eigenvalue weighted by Crippen LogP contribution is 2.26. The van der Waals surface area contributed by atoms with E-state index in [1.807, 2.05) is 0 Å². The second kappa shape index (κ2) is 4.80. The number of carbonyl (C=O) groups is 1. The van der Waals surface area contributed by atoms with Crippen LogP contribution >= 0.6 is 11.3 Å². The Morgan fingerprint density at radius 1 is 1.65 bits per heavy atom. The molecule has 0 bridgehead atoms.